The molecule has 1 aromatic carbocycles. The van der Waals surface area contributed by atoms with Gasteiger partial charge in [0, 0.05) is 37.3 Å². The molecule has 1 amide bonds. The SMILES string of the molecule is CCc1oc2ccccc2c1CC(=O)NCCc1nc(C)oc1C. The van der Waals surface area contributed by atoms with E-state index in [2.05, 4.69) is 10.3 Å². The van der Waals surface area contributed by atoms with Gasteiger partial charge in [-0.05, 0) is 13.0 Å². The number of aromatic nitrogens is 1. The van der Waals surface area contributed by atoms with Gasteiger partial charge in [-0.3, -0.25) is 4.79 Å². The highest BCUT2D eigenvalue weighted by molar-refractivity contribution is 5.88. The summed E-state index contributed by atoms with van der Waals surface area (Å²) in [6.45, 7) is 6.30. The number of hydrogen-bond acceptors (Lipinski definition) is 4. The molecule has 2 aromatic heterocycles. The van der Waals surface area contributed by atoms with E-state index in [1.165, 1.54) is 0 Å². The molecular formula is C19H22N2O3. The van der Waals surface area contributed by atoms with Crippen molar-refractivity contribution in [3.05, 3.63) is 52.9 Å². The van der Waals surface area contributed by atoms with Gasteiger partial charge in [-0.25, -0.2) is 4.98 Å². The van der Waals surface area contributed by atoms with E-state index >= 15 is 0 Å². The molecule has 0 bridgehead atoms. The second-order valence-corrected chi connectivity index (χ2v) is 5.87. The van der Waals surface area contributed by atoms with Crippen LogP contribution in [-0.4, -0.2) is 17.4 Å². The van der Waals surface area contributed by atoms with E-state index in [9.17, 15) is 4.79 Å². The fourth-order valence-electron chi connectivity index (χ4n) is 2.98. The summed E-state index contributed by atoms with van der Waals surface area (Å²) in [7, 11) is 0. The van der Waals surface area contributed by atoms with Gasteiger partial charge in [0.05, 0.1) is 12.1 Å². The lowest BCUT2D eigenvalue weighted by molar-refractivity contribution is -0.120. The fraction of sp³-hybridized carbons (Fsp3) is 0.368. The largest absolute Gasteiger partial charge is 0.461 e. The molecule has 5 heteroatoms. The van der Waals surface area contributed by atoms with Gasteiger partial charge < -0.3 is 14.2 Å². The molecule has 0 unspecified atom stereocenters. The summed E-state index contributed by atoms with van der Waals surface area (Å²) in [6, 6.07) is 7.85. The summed E-state index contributed by atoms with van der Waals surface area (Å²) in [6.07, 6.45) is 1.77. The number of oxazole rings is 1. The number of nitrogens with one attached hydrogen (secondary N) is 1. The van der Waals surface area contributed by atoms with Crippen molar-refractivity contribution < 1.29 is 13.6 Å². The van der Waals surface area contributed by atoms with Gasteiger partial charge in [0.2, 0.25) is 5.91 Å². The molecule has 0 radical (unpaired) electrons. The van der Waals surface area contributed by atoms with Crippen LogP contribution in [0.3, 0.4) is 0 Å². The van der Waals surface area contributed by atoms with Crippen molar-refractivity contribution in [2.24, 2.45) is 0 Å². The Morgan fingerprint density at radius 2 is 2.00 bits per heavy atom. The molecule has 0 aliphatic rings. The number of amides is 1. The Balaban J connectivity index is 1.64. The molecule has 3 rings (SSSR count). The van der Waals surface area contributed by atoms with Gasteiger partial charge in [0.25, 0.3) is 0 Å². The van der Waals surface area contributed by atoms with Gasteiger partial charge in [-0.15, -0.1) is 0 Å². The van der Waals surface area contributed by atoms with Crippen LogP contribution in [0.15, 0.2) is 33.1 Å². The van der Waals surface area contributed by atoms with Crippen molar-refractivity contribution in [3.8, 4) is 0 Å². The number of benzene rings is 1. The molecule has 5 nitrogen and oxygen atoms in total. The molecule has 1 N–H and O–H groups in total. The predicted octanol–water partition coefficient (Wildman–Crippen LogP) is 3.50. The Kier molecular flexibility index (Phi) is 4.69. The molecule has 0 fully saturated rings. The standard InChI is InChI=1S/C19H22N2O3/c1-4-17-15(14-7-5-6-8-18(14)24-17)11-19(22)20-10-9-16-12(2)23-13(3)21-16/h5-8H,4,9-11H2,1-3H3,(H,20,22). The van der Waals surface area contributed by atoms with E-state index < -0.39 is 0 Å². The van der Waals surface area contributed by atoms with E-state index in [4.69, 9.17) is 8.83 Å². The van der Waals surface area contributed by atoms with Crippen LogP contribution >= 0.6 is 0 Å². The number of hydrogen-bond donors (Lipinski definition) is 1. The van der Waals surface area contributed by atoms with Crippen LogP contribution < -0.4 is 5.32 Å². The van der Waals surface area contributed by atoms with Crippen LogP contribution in [0.2, 0.25) is 0 Å². The van der Waals surface area contributed by atoms with Crippen molar-refractivity contribution in [1.82, 2.24) is 10.3 Å². The van der Waals surface area contributed by atoms with Crippen LogP contribution in [-0.2, 0) is 24.1 Å². The molecule has 0 atom stereocenters. The summed E-state index contributed by atoms with van der Waals surface area (Å²) >= 11 is 0. The van der Waals surface area contributed by atoms with E-state index in [1.807, 2.05) is 45.0 Å². The Morgan fingerprint density at radius 3 is 2.71 bits per heavy atom. The zero-order valence-electron chi connectivity index (χ0n) is 14.3. The molecule has 0 aliphatic carbocycles. The smallest absolute Gasteiger partial charge is 0.224 e. The van der Waals surface area contributed by atoms with Crippen molar-refractivity contribution in [3.63, 3.8) is 0 Å². The molecule has 0 saturated carbocycles. The zero-order valence-corrected chi connectivity index (χ0v) is 14.3. The van der Waals surface area contributed by atoms with Crippen molar-refractivity contribution >= 4 is 16.9 Å². The van der Waals surface area contributed by atoms with Crippen LogP contribution in [0, 0.1) is 13.8 Å². The summed E-state index contributed by atoms with van der Waals surface area (Å²) in [5, 5.41) is 3.98. The van der Waals surface area contributed by atoms with Gasteiger partial charge in [-0.1, -0.05) is 25.1 Å². The van der Waals surface area contributed by atoms with Crippen LogP contribution in [0.4, 0.5) is 0 Å². The maximum absolute atomic E-state index is 12.3. The normalized spacial score (nSPS) is 11.1. The summed E-state index contributed by atoms with van der Waals surface area (Å²) in [5.41, 5.74) is 2.72. The predicted molar refractivity (Wildman–Crippen MR) is 92.0 cm³/mol. The number of aryl methyl sites for hydroxylation is 3. The van der Waals surface area contributed by atoms with E-state index in [0.29, 0.717) is 25.3 Å². The Morgan fingerprint density at radius 1 is 1.21 bits per heavy atom. The van der Waals surface area contributed by atoms with Crippen LogP contribution in [0.25, 0.3) is 11.0 Å². The third kappa shape index (κ3) is 3.35. The molecule has 0 spiro atoms. The molecule has 0 aliphatic heterocycles. The first-order valence-corrected chi connectivity index (χ1v) is 8.27. The molecular weight excluding hydrogens is 304 g/mol. The molecule has 24 heavy (non-hydrogen) atoms. The third-order valence-corrected chi connectivity index (χ3v) is 4.12. The highest BCUT2D eigenvalue weighted by Crippen LogP contribution is 2.26. The monoisotopic (exact) mass is 326 g/mol. The quantitative estimate of drug-likeness (QED) is 0.753. The third-order valence-electron chi connectivity index (χ3n) is 4.12. The van der Waals surface area contributed by atoms with Gasteiger partial charge in [0.1, 0.15) is 17.1 Å². The first-order valence-electron chi connectivity index (χ1n) is 8.27. The minimum Gasteiger partial charge on any atom is -0.461 e. The highest BCUT2D eigenvalue weighted by atomic mass is 16.4. The van der Waals surface area contributed by atoms with E-state index in [0.717, 1.165) is 40.2 Å². The van der Waals surface area contributed by atoms with E-state index in [-0.39, 0.29) is 5.91 Å². The number of carbonyl (C=O) groups excluding carboxylic acids is 1. The number of furan rings is 1. The van der Waals surface area contributed by atoms with Gasteiger partial charge in [0.15, 0.2) is 5.89 Å². The average molecular weight is 326 g/mol. The first kappa shape index (κ1) is 16.3. The van der Waals surface area contributed by atoms with Crippen molar-refractivity contribution in [1.29, 1.82) is 0 Å². The second-order valence-electron chi connectivity index (χ2n) is 5.87. The molecule has 0 saturated heterocycles. The lowest BCUT2D eigenvalue weighted by atomic mass is 10.1. The second kappa shape index (κ2) is 6.91. The minimum absolute atomic E-state index is 0.00544. The fourth-order valence-corrected chi connectivity index (χ4v) is 2.98. The lowest BCUT2D eigenvalue weighted by Gasteiger charge is -2.05. The van der Waals surface area contributed by atoms with Crippen LogP contribution in [0.1, 0.15) is 35.6 Å². The maximum atomic E-state index is 12.3. The number of para-hydroxylation sites is 1. The number of nitrogens with zero attached hydrogens (tertiary/aromatic N) is 1. The van der Waals surface area contributed by atoms with Crippen molar-refractivity contribution in [2.75, 3.05) is 6.54 Å². The topological polar surface area (TPSA) is 68.3 Å². The molecule has 2 heterocycles. The van der Waals surface area contributed by atoms with E-state index in [1.54, 1.807) is 0 Å². The van der Waals surface area contributed by atoms with Crippen molar-refractivity contribution in [2.45, 2.75) is 40.0 Å². The Hall–Kier alpha value is -2.56. The zero-order chi connectivity index (χ0) is 17.1. The summed E-state index contributed by atoms with van der Waals surface area (Å²) in [4.78, 5) is 16.6. The first-order chi connectivity index (χ1) is 11.6. The summed E-state index contributed by atoms with van der Waals surface area (Å²) < 4.78 is 11.2. The van der Waals surface area contributed by atoms with Crippen LogP contribution in [0.5, 0.6) is 0 Å². The Bertz CT molecular complexity index is 861. The van der Waals surface area contributed by atoms with Gasteiger partial charge >= 0.3 is 0 Å². The number of rotatable bonds is 6. The van der Waals surface area contributed by atoms with Gasteiger partial charge in [-0.2, -0.15) is 0 Å². The number of fused-ring (bicyclic) bond motifs is 1. The summed E-state index contributed by atoms with van der Waals surface area (Å²) in [5.74, 6) is 2.35. The highest BCUT2D eigenvalue weighted by Gasteiger charge is 2.16. The minimum atomic E-state index is -0.00544. The lowest BCUT2D eigenvalue weighted by Crippen LogP contribution is -2.27. The maximum Gasteiger partial charge on any atom is 0.224 e. The molecule has 3 aromatic rings. The molecule has 126 valence electrons. The number of carbonyl (C=O) groups is 1. The average Bonchev–Trinajstić information content (AvgIpc) is 3.07. The Labute approximate surface area is 141 Å².